The van der Waals surface area contributed by atoms with Crippen LogP contribution in [0.1, 0.15) is 50.2 Å². The third-order valence-corrected chi connectivity index (χ3v) is 5.30. The minimum absolute atomic E-state index is 0.237. The van der Waals surface area contributed by atoms with Crippen LogP contribution in [0.15, 0.2) is 18.6 Å². The lowest BCUT2D eigenvalue weighted by atomic mass is 9.90. The van der Waals surface area contributed by atoms with Crippen molar-refractivity contribution < 1.29 is 4.79 Å². The molecule has 6 heteroatoms. The van der Waals surface area contributed by atoms with Gasteiger partial charge in [-0.3, -0.25) is 9.78 Å². The largest absolute Gasteiger partial charge is 0.342 e. The monoisotopic (exact) mass is 344 g/mol. The first-order valence-electron chi connectivity index (χ1n) is 8.39. The number of hydrogen-bond acceptors (Lipinski definition) is 5. The molecule has 1 fully saturated rings. The fourth-order valence-electron chi connectivity index (χ4n) is 3.03. The van der Waals surface area contributed by atoms with Gasteiger partial charge in [-0.1, -0.05) is 20.8 Å². The third-order valence-electron chi connectivity index (χ3n) is 4.37. The van der Waals surface area contributed by atoms with E-state index in [-0.39, 0.29) is 11.3 Å². The Morgan fingerprint density at radius 1 is 1.21 bits per heavy atom. The Bertz CT molecular complexity index is 727. The molecule has 1 amide bonds. The lowest BCUT2D eigenvalue weighted by Crippen LogP contribution is -2.43. The predicted octanol–water partition coefficient (Wildman–Crippen LogP) is 3.66. The van der Waals surface area contributed by atoms with Gasteiger partial charge in [0.25, 0.3) is 0 Å². The Labute approximate surface area is 147 Å². The van der Waals surface area contributed by atoms with E-state index in [9.17, 15) is 4.79 Å². The first-order valence-corrected chi connectivity index (χ1v) is 9.20. The van der Waals surface area contributed by atoms with Gasteiger partial charge in [-0.15, -0.1) is 11.3 Å². The van der Waals surface area contributed by atoms with E-state index in [0.717, 1.165) is 47.2 Å². The number of likely N-dealkylation sites (tertiary alicyclic amines) is 1. The molecule has 1 aliphatic rings. The van der Waals surface area contributed by atoms with Crippen LogP contribution in [0, 0.1) is 12.3 Å². The highest BCUT2D eigenvalue weighted by atomic mass is 32.1. The van der Waals surface area contributed by atoms with Gasteiger partial charge in [-0.05, 0) is 19.8 Å². The highest BCUT2D eigenvalue weighted by Crippen LogP contribution is 2.31. The van der Waals surface area contributed by atoms with Crippen molar-refractivity contribution in [2.75, 3.05) is 13.1 Å². The molecule has 1 saturated heterocycles. The standard InChI is InChI=1S/C18H24N4OS/c1-12-20-11-16(24-12)15-10-19-9-14(21-15)13-5-7-22(8-6-13)17(23)18(2,3)4/h9-11,13H,5-8H2,1-4H3. The normalized spacial score (nSPS) is 16.4. The molecule has 0 spiro atoms. The number of piperidine rings is 1. The molecular weight excluding hydrogens is 320 g/mol. The lowest BCUT2D eigenvalue weighted by molar-refractivity contribution is -0.140. The Hall–Kier alpha value is -1.82. The number of rotatable bonds is 2. The van der Waals surface area contributed by atoms with E-state index >= 15 is 0 Å². The quantitative estimate of drug-likeness (QED) is 0.834. The van der Waals surface area contributed by atoms with E-state index in [4.69, 9.17) is 4.98 Å². The van der Waals surface area contributed by atoms with E-state index in [1.165, 1.54) is 0 Å². The van der Waals surface area contributed by atoms with Crippen LogP contribution < -0.4 is 0 Å². The highest BCUT2D eigenvalue weighted by Gasteiger charge is 2.31. The molecule has 0 saturated carbocycles. The van der Waals surface area contributed by atoms with Gasteiger partial charge in [-0.2, -0.15) is 0 Å². The number of aromatic nitrogens is 3. The number of carbonyl (C=O) groups excluding carboxylic acids is 1. The first-order chi connectivity index (χ1) is 11.3. The van der Waals surface area contributed by atoms with Crippen molar-refractivity contribution in [3.63, 3.8) is 0 Å². The van der Waals surface area contributed by atoms with E-state index in [1.807, 2.05) is 45.0 Å². The summed E-state index contributed by atoms with van der Waals surface area (Å²) < 4.78 is 0. The summed E-state index contributed by atoms with van der Waals surface area (Å²) >= 11 is 1.64. The number of carbonyl (C=O) groups is 1. The van der Waals surface area contributed by atoms with Gasteiger partial charge in [0.1, 0.15) is 5.69 Å². The zero-order valence-electron chi connectivity index (χ0n) is 14.7. The minimum Gasteiger partial charge on any atom is -0.342 e. The van der Waals surface area contributed by atoms with Gasteiger partial charge < -0.3 is 4.90 Å². The van der Waals surface area contributed by atoms with Crippen LogP contribution in [0.3, 0.4) is 0 Å². The molecule has 0 radical (unpaired) electrons. The zero-order chi connectivity index (χ0) is 17.3. The van der Waals surface area contributed by atoms with E-state index in [2.05, 4.69) is 9.97 Å². The maximum Gasteiger partial charge on any atom is 0.227 e. The number of thiazole rings is 1. The van der Waals surface area contributed by atoms with Crippen LogP contribution in [-0.4, -0.2) is 38.8 Å². The molecular formula is C18H24N4OS. The molecule has 0 bridgehead atoms. The maximum atomic E-state index is 12.4. The SMILES string of the molecule is Cc1ncc(-c2cncc(C3CCN(C(=O)C(C)(C)C)CC3)n2)s1. The summed E-state index contributed by atoms with van der Waals surface area (Å²) in [7, 11) is 0. The second-order valence-corrected chi connectivity index (χ2v) is 8.62. The zero-order valence-corrected chi connectivity index (χ0v) is 15.6. The summed E-state index contributed by atoms with van der Waals surface area (Å²) in [5.74, 6) is 0.608. The van der Waals surface area contributed by atoms with Crippen LogP contribution in [0.4, 0.5) is 0 Å². The number of aryl methyl sites for hydroxylation is 1. The Morgan fingerprint density at radius 3 is 2.50 bits per heavy atom. The fourth-order valence-corrected chi connectivity index (χ4v) is 3.76. The molecule has 128 valence electrons. The van der Waals surface area contributed by atoms with Crippen molar-refractivity contribution in [3.05, 3.63) is 29.3 Å². The first kappa shape index (κ1) is 17.0. The van der Waals surface area contributed by atoms with Crippen molar-refractivity contribution in [1.29, 1.82) is 0 Å². The van der Waals surface area contributed by atoms with Gasteiger partial charge in [0.2, 0.25) is 5.91 Å². The van der Waals surface area contributed by atoms with Gasteiger partial charge in [0.15, 0.2) is 0 Å². The van der Waals surface area contributed by atoms with Gasteiger partial charge in [-0.25, -0.2) is 9.97 Å². The van der Waals surface area contributed by atoms with Crippen molar-refractivity contribution in [1.82, 2.24) is 19.9 Å². The molecule has 2 aromatic heterocycles. The average Bonchev–Trinajstić information content (AvgIpc) is 3.00. The Kier molecular flexibility index (Phi) is 4.67. The molecule has 0 atom stereocenters. The molecule has 1 aliphatic heterocycles. The molecule has 24 heavy (non-hydrogen) atoms. The van der Waals surface area contributed by atoms with E-state index in [0.29, 0.717) is 5.92 Å². The Morgan fingerprint density at radius 2 is 1.92 bits per heavy atom. The van der Waals surface area contributed by atoms with Crippen molar-refractivity contribution in [3.8, 4) is 10.6 Å². The lowest BCUT2D eigenvalue weighted by Gasteiger charge is -2.35. The third kappa shape index (κ3) is 3.64. The maximum absolute atomic E-state index is 12.4. The highest BCUT2D eigenvalue weighted by molar-refractivity contribution is 7.15. The van der Waals surface area contributed by atoms with Crippen molar-refractivity contribution in [2.24, 2.45) is 5.41 Å². The topological polar surface area (TPSA) is 59.0 Å². The second-order valence-electron chi connectivity index (χ2n) is 7.39. The Balaban J connectivity index is 1.70. The minimum atomic E-state index is -0.309. The fraction of sp³-hybridized carbons (Fsp3) is 0.556. The summed E-state index contributed by atoms with van der Waals surface area (Å²) in [6, 6.07) is 0. The second kappa shape index (κ2) is 6.59. The molecule has 2 aromatic rings. The van der Waals surface area contributed by atoms with Gasteiger partial charge >= 0.3 is 0 Å². The predicted molar refractivity (Wildman–Crippen MR) is 95.9 cm³/mol. The summed E-state index contributed by atoms with van der Waals surface area (Å²) in [5.41, 5.74) is 1.61. The van der Waals surface area contributed by atoms with Crippen LogP contribution >= 0.6 is 11.3 Å². The van der Waals surface area contributed by atoms with E-state index in [1.54, 1.807) is 17.5 Å². The summed E-state index contributed by atoms with van der Waals surface area (Å²) in [4.78, 5) is 28.9. The molecule has 0 aliphatic carbocycles. The van der Waals surface area contributed by atoms with Crippen LogP contribution in [0.5, 0.6) is 0 Å². The van der Waals surface area contributed by atoms with Crippen molar-refractivity contribution in [2.45, 2.75) is 46.5 Å². The van der Waals surface area contributed by atoms with Crippen molar-refractivity contribution >= 4 is 17.2 Å². The van der Waals surface area contributed by atoms with Crippen LogP contribution in [0.2, 0.25) is 0 Å². The number of amides is 1. The molecule has 0 aromatic carbocycles. The average molecular weight is 344 g/mol. The molecule has 3 rings (SSSR count). The molecule has 0 unspecified atom stereocenters. The van der Waals surface area contributed by atoms with E-state index < -0.39 is 0 Å². The summed E-state index contributed by atoms with van der Waals surface area (Å²) in [5, 5.41) is 1.03. The summed E-state index contributed by atoms with van der Waals surface area (Å²) in [6.45, 7) is 9.53. The van der Waals surface area contributed by atoms with Gasteiger partial charge in [0.05, 0.1) is 21.8 Å². The summed E-state index contributed by atoms with van der Waals surface area (Å²) in [6.07, 6.45) is 7.42. The number of hydrogen-bond donors (Lipinski definition) is 0. The molecule has 5 nitrogen and oxygen atoms in total. The molecule has 0 N–H and O–H groups in total. The number of nitrogens with zero attached hydrogens (tertiary/aromatic N) is 4. The smallest absolute Gasteiger partial charge is 0.227 e. The van der Waals surface area contributed by atoms with Gasteiger partial charge in [0, 0.05) is 36.8 Å². The van der Waals surface area contributed by atoms with Crippen LogP contribution in [0.25, 0.3) is 10.6 Å². The molecule has 3 heterocycles. The van der Waals surface area contributed by atoms with Crippen LogP contribution in [-0.2, 0) is 4.79 Å².